The highest BCUT2D eigenvalue weighted by molar-refractivity contribution is 5.69. The summed E-state index contributed by atoms with van der Waals surface area (Å²) in [5.74, 6) is 0. The van der Waals surface area contributed by atoms with E-state index in [1.165, 1.54) is 0 Å². The molecule has 0 radical (unpaired) electrons. The number of carbonyl (C=O) groups is 1. The fraction of sp³-hybridized carbons (Fsp3) is 0.533. The van der Waals surface area contributed by atoms with Crippen LogP contribution in [0.15, 0.2) is 30.3 Å². The molecule has 0 bridgehead atoms. The van der Waals surface area contributed by atoms with Crippen molar-refractivity contribution in [2.75, 3.05) is 20.2 Å². The Bertz CT molecular complexity index is 452. The third-order valence-corrected chi connectivity index (χ3v) is 3.90. The normalized spacial score (nSPS) is 25.8. The molecule has 0 aromatic heterocycles. The van der Waals surface area contributed by atoms with E-state index in [9.17, 15) is 4.79 Å². The van der Waals surface area contributed by atoms with E-state index in [1.807, 2.05) is 37.3 Å². The standard InChI is InChI=1S/C15H22N2O3/c1-15(11-16)8-13(19-2)9-17(15)14(18)20-10-12-6-4-3-5-7-12/h3-7,13H,8-11,16H2,1-2H3/t13-,15-/m1/s1. The summed E-state index contributed by atoms with van der Waals surface area (Å²) < 4.78 is 10.7. The van der Waals surface area contributed by atoms with Crippen molar-refractivity contribution in [3.8, 4) is 0 Å². The first-order chi connectivity index (χ1) is 9.59. The first-order valence-corrected chi connectivity index (χ1v) is 6.80. The summed E-state index contributed by atoms with van der Waals surface area (Å²) in [6, 6.07) is 9.63. The number of nitrogens with two attached hydrogens (primary N) is 1. The van der Waals surface area contributed by atoms with Gasteiger partial charge >= 0.3 is 6.09 Å². The zero-order chi connectivity index (χ0) is 14.6. The third-order valence-electron chi connectivity index (χ3n) is 3.90. The van der Waals surface area contributed by atoms with Crippen LogP contribution in [-0.2, 0) is 16.1 Å². The summed E-state index contributed by atoms with van der Waals surface area (Å²) >= 11 is 0. The van der Waals surface area contributed by atoms with Gasteiger partial charge in [-0.1, -0.05) is 30.3 Å². The van der Waals surface area contributed by atoms with E-state index < -0.39 is 5.54 Å². The van der Waals surface area contributed by atoms with Crippen molar-refractivity contribution in [2.45, 2.75) is 31.6 Å². The SMILES string of the molecule is CO[C@H]1CN(C(=O)OCc2ccccc2)[C@@](C)(CN)C1. The summed E-state index contributed by atoms with van der Waals surface area (Å²) in [6.45, 7) is 3.16. The second kappa shape index (κ2) is 6.24. The van der Waals surface area contributed by atoms with Gasteiger partial charge in [-0.3, -0.25) is 4.90 Å². The number of hydrogen-bond acceptors (Lipinski definition) is 4. The van der Waals surface area contributed by atoms with Crippen molar-refractivity contribution >= 4 is 6.09 Å². The van der Waals surface area contributed by atoms with E-state index in [-0.39, 0.29) is 18.8 Å². The number of nitrogens with zero attached hydrogens (tertiary/aromatic N) is 1. The lowest BCUT2D eigenvalue weighted by molar-refractivity contribution is 0.0683. The lowest BCUT2D eigenvalue weighted by Gasteiger charge is -2.32. The van der Waals surface area contributed by atoms with Gasteiger partial charge in [0.2, 0.25) is 0 Å². The van der Waals surface area contributed by atoms with Crippen LogP contribution < -0.4 is 5.73 Å². The Kier molecular flexibility index (Phi) is 4.62. The molecule has 5 nitrogen and oxygen atoms in total. The first-order valence-electron chi connectivity index (χ1n) is 6.80. The van der Waals surface area contributed by atoms with Gasteiger partial charge in [0.05, 0.1) is 18.2 Å². The third kappa shape index (κ3) is 3.11. The molecular weight excluding hydrogens is 256 g/mol. The Morgan fingerprint density at radius 1 is 1.45 bits per heavy atom. The molecule has 1 heterocycles. The minimum Gasteiger partial charge on any atom is -0.445 e. The van der Waals surface area contributed by atoms with Crippen LogP contribution in [0.25, 0.3) is 0 Å². The summed E-state index contributed by atoms with van der Waals surface area (Å²) in [7, 11) is 1.65. The molecule has 110 valence electrons. The molecule has 0 spiro atoms. The molecule has 2 atom stereocenters. The number of likely N-dealkylation sites (tertiary alicyclic amines) is 1. The Morgan fingerprint density at radius 3 is 2.75 bits per heavy atom. The summed E-state index contributed by atoms with van der Waals surface area (Å²) in [5, 5.41) is 0. The highest BCUT2D eigenvalue weighted by Crippen LogP contribution is 2.30. The average molecular weight is 278 g/mol. The Hall–Kier alpha value is -1.59. The fourth-order valence-electron chi connectivity index (χ4n) is 2.53. The summed E-state index contributed by atoms with van der Waals surface area (Å²) in [4.78, 5) is 13.9. The largest absolute Gasteiger partial charge is 0.445 e. The van der Waals surface area contributed by atoms with Crippen LogP contribution in [0.4, 0.5) is 4.79 Å². The molecule has 1 amide bonds. The van der Waals surface area contributed by atoms with Crippen LogP contribution in [0.3, 0.4) is 0 Å². The minimum absolute atomic E-state index is 0.0211. The molecule has 1 aliphatic rings. The van der Waals surface area contributed by atoms with Gasteiger partial charge in [-0.25, -0.2) is 4.79 Å². The summed E-state index contributed by atoms with van der Waals surface area (Å²) in [5.41, 5.74) is 6.39. The quantitative estimate of drug-likeness (QED) is 0.911. The van der Waals surface area contributed by atoms with Crippen molar-refractivity contribution < 1.29 is 14.3 Å². The van der Waals surface area contributed by atoms with Gasteiger partial charge < -0.3 is 15.2 Å². The maximum absolute atomic E-state index is 12.2. The second-order valence-electron chi connectivity index (χ2n) is 5.41. The van der Waals surface area contributed by atoms with Crippen molar-refractivity contribution in [1.29, 1.82) is 0 Å². The van der Waals surface area contributed by atoms with Gasteiger partial charge in [0.15, 0.2) is 0 Å². The molecular formula is C15H22N2O3. The number of methoxy groups -OCH3 is 1. The molecule has 1 aromatic carbocycles. The Balaban J connectivity index is 1.97. The molecule has 0 aliphatic carbocycles. The van der Waals surface area contributed by atoms with E-state index in [0.29, 0.717) is 13.1 Å². The molecule has 1 saturated heterocycles. The van der Waals surface area contributed by atoms with Crippen LogP contribution in [0.2, 0.25) is 0 Å². The van der Waals surface area contributed by atoms with E-state index in [4.69, 9.17) is 15.2 Å². The molecule has 1 aromatic rings. The van der Waals surface area contributed by atoms with E-state index in [0.717, 1.165) is 12.0 Å². The molecule has 20 heavy (non-hydrogen) atoms. The molecule has 0 unspecified atom stereocenters. The van der Waals surface area contributed by atoms with Gasteiger partial charge in [-0.15, -0.1) is 0 Å². The van der Waals surface area contributed by atoms with Crippen molar-refractivity contribution in [1.82, 2.24) is 4.90 Å². The van der Waals surface area contributed by atoms with Crippen molar-refractivity contribution in [3.05, 3.63) is 35.9 Å². The Labute approximate surface area is 119 Å². The monoisotopic (exact) mass is 278 g/mol. The zero-order valence-electron chi connectivity index (χ0n) is 12.0. The van der Waals surface area contributed by atoms with Gasteiger partial charge in [-0.05, 0) is 18.9 Å². The van der Waals surface area contributed by atoms with Crippen LogP contribution in [-0.4, -0.2) is 42.8 Å². The molecule has 5 heteroatoms. The van der Waals surface area contributed by atoms with E-state index in [2.05, 4.69) is 0 Å². The van der Waals surface area contributed by atoms with Crippen LogP contribution in [0.1, 0.15) is 18.9 Å². The minimum atomic E-state index is -0.394. The molecule has 2 rings (SSSR count). The first kappa shape index (κ1) is 14.8. The van der Waals surface area contributed by atoms with Crippen LogP contribution in [0, 0.1) is 0 Å². The highest BCUT2D eigenvalue weighted by atomic mass is 16.6. The number of ether oxygens (including phenoxy) is 2. The lowest BCUT2D eigenvalue weighted by Crippen LogP contribution is -2.50. The smallest absolute Gasteiger partial charge is 0.410 e. The predicted molar refractivity (Wildman–Crippen MR) is 76.2 cm³/mol. The number of hydrogen-bond donors (Lipinski definition) is 1. The summed E-state index contributed by atoms with van der Waals surface area (Å²) in [6.07, 6.45) is 0.426. The van der Waals surface area contributed by atoms with Gasteiger partial charge in [0.25, 0.3) is 0 Å². The number of rotatable bonds is 4. The maximum atomic E-state index is 12.2. The number of amides is 1. The van der Waals surface area contributed by atoms with E-state index in [1.54, 1.807) is 12.0 Å². The van der Waals surface area contributed by atoms with Crippen molar-refractivity contribution in [2.24, 2.45) is 5.73 Å². The Morgan fingerprint density at radius 2 is 2.15 bits per heavy atom. The average Bonchev–Trinajstić information content (AvgIpc) is 2.84. The van der Waals surface area contributed by atoms with Crippen LogP contribution >= 0.6 is 0 Å². The second-order valence-corrected chi connectivity index (χ2v) is 5.41. The zero-order valence-corrected chi connectivity index (χ0v) is 12.0. The van der Waals surface area contributed by atoms with Crippen LogP contribution in [0.5, 0.6) is 0 Å². The fourth-order valence-corrected chi connectivity index (χ4v) is 2.53. The maximum Gasteiger partial charge on any atom is 0.410 e. The molecule has 0 saturated carbocycles. The highest BCUT2D eigenvalue weighted by Gasteiger charge is 2.44. The van der Waals surface area contributed by atoms with Gasteiger partial charge in [0.1, 0.15) is 6.61 Å². The lowest BCUT2D eigenvalue weighted by atomic mass is 9.99. The number of benzene rings is 1. The topological polar surface area (TPSA) is 64.8 Å². The van der Waals surface area contributed by atoms with E-state index >= 15 is 0 Å². The molecule has 2 N–H and O–H groups in total. The van der Waals surface area contributed by atoms with Gasteiger partial charge in [-0.2, -0.15) is 0 Å². The van der Waals surface area contributed by atoms with Gasteiger partial charge in [0, 0.05) is 13.7 Å². The molecule has 1 aliphatic heterocycles. The predicted octanol–water partition coefficient (Wildman–Crippen LogP) is 1.76. The number of carbonyl (C=O) groups excluding carboxylic acids is 1. The van der Waals surface area contributed by atoms with Crippen molar-refractivity contribution in [3.63, 3.8) is 0 Å². The molecule has 1 fully saturated rings.